The van der Waals surface area contributed by atoms with Gasteiger partial charge in [-0.25, -0.2) is 0 Å². The summed E-state index contributed by atoms with van der Waals surface area (Å²) in [6.45, 7) is 3.65. The van der Waals surface area contributed by atoms with Gasteiger partial charge in [0.2, 0.25) is 0 Å². The van der Waals surface area contributed by atoms with Gasteiger partial charge >= 0.3 is 0 Å². The van der Waals surface area contributed by atoms with Crippen molar-refractivity contribution in [1.29, 1.82) is 0 Å². The summed E-state index contributed by atoms with van der Waals surface area (Å²) < 4.78 is 5.28. The molecule has 2 heterocycles. The Hall–Kier alpha value is -0.120. The van der Waals surface area contributed by atoms with Crippen molar-refractivity contribution in [3.8, 4) is 0 Å². The molecular weight excluding hydrogens is 166 g/mol. The molecule has 1 N–H and O–H groups in total. The van der Waals surface area contributed by atoms with E-state index < -0.39 is 0 Å². The Morgan fingerprint density at radius 1 is 1.23 bits per heavy atom. The monoisotopic (exact) mass is 183 g/mol. The third-order valence-corrected chi connectivity index (χ3v) is 3.82. The zero-order chi connectivity index (χ0) is 8.84. The normalized spacial score (nSPS) is 50.5. The third kappa shape index (κ3) is 1.39. The highest BCUT2D eigenvalue weighted by Crippen LogP contribution is 2.45. The summed E-state index contributed by atoms with van der Waals surface area (Å²) >= 11 is 0. The van der Waals surface area contributed by atoms with E-state index in [1.807, 2.05) is 0 Å². The van der Waals surface area contributed by atoms with E-state index in [-0.39, 0.29) is 6.10 Å². The second-order valence-electron chi connectivity index (χ2n) is 4.71. The van der Waals surface area contributed by atoms with Crippen molar-refractivity contribution in [2.24, 2.45) is 11.8 Å². The summed E-state index contributed by atoms with van der Waals surface area (Å²) in [6.07, 6.45) is 2.53. The van der Waals surface area contributed by atoms with Gasteiger partial charge in [0.1, 0.15) is 0 Å². The van der Waals surface area contributed by atoms with E-state index in [0.29, 0.717) is 12.6 Å². The van der Waals surface area contributed by atoms with Gasteiger partial charge in [0.25, 0.3) is 0 Å². The van der Waals surface area contributed by atoms with Crippen molar-refractivity contribution >= 4 is 0 Å². The lowest BCUT2D eigenvalue weighted by molar-refractivity contribution is 0.0675. The van der Waals surface area contributed by atoms with Gasteiger partial charge in [0.15, 0.2) is 0 Å². The van der Waals surface area contributed by atoms with Crippen molar-refractivity contribution in [2.75, 3.05) is 26.3 Å². The van der Waals surface area contributed by atoms with E-state index in [4.69, 9.17) is 4.74 Å². The molecule has 0 bridgehead atoms. The minimum absolute atomic E-state index is 0.240. The van der Waals surface area contributed by atoms with E-state index in [1.54, 1.807) is 0 Å². The van der Waals surface area contributed by atoms with Gasteiger partial charge in [0, 0.05) is 6.54 Å². The summed E-state index contributed by atoms with van der Waals surface area (Å²) in [5.74, 6) is 1.97. The fourth-order valence-corrected chi connectivity index (χ4v) is 2.79. The van der Waals surface area contributed by atoms with Crippen LogP contribution in [-0.4, -0.2) is 48.5 Å². The van der Waals surface area contributed by atoms with Gasteiger partial charge in [-0.15, -0.1) is 0 Å². The second-order valence-corrected chi connectivity index (χ2v) is 4.71. The number of aliphatic hydroxyl groups excluding tert-OH is 1. The highest BCUT2D eigenvalue weighted by molar-refractivity contribution is 4.96. The minimum Gasteiger partial charge on any atom is -0.389 e. The molecule has 3 nitrogen and oxygen atoms in total. The predicted molar refractivity (Wildman–Crippen MR) is 48.4 cm³/mol. The molecule has 13 heavy (non-hydrogen) atoms. The molecule has 2 saturated heterocycles. The zero-order valence-corrected chi connectivity index (χ0v) is 7.85. The molecule has 4 atom stereocenters. The van der Waals surface area contributed by atoms with Crippen molar-refractivity contribution in [1.82, 2.24) is 4.90 Å². The minimum atomic E-state index is -0.240. The molecule has 74 valence electrons. The van der Waals surface area contributed by atoms with Gasteiger partial charge < -0.3 is 9.84 Å². The van der Waals surface area contributed by atoms with Crippen LogP contribution in [0.3, 0.4) is 0 Å². The Labute approximate surface area is 78.7 Å². The molecule has 1 aliphatic carbocycles. The molecule has 3 aliphatic rings. The molecule has 0 aromatic rings. The highest BCUT2D eigenvalue weighted by atomic mass is 16.5. The van der Waals surface area contributed by atoms with Gasteiger partial charge in [-0.3, -0.25) is 4.90 Å². The first-order valence-electron chi connectivity index (χ1n) is 5.34. The number of aliphatic hydroxyl groups is 1. The van der Waals surface area contributed by atoms with Crippen LogP contribution >= 0.6 is 0 Å². The topological polar surface area (TPSA) is 32.7 Å². The average molecular weight is 183 g/mol. The van der Waals surface area contributed by atoms with Gasteiger partial charge in [-0.1, -0.05) is 0 Å². The summed E-state index contributed by atoms with van der Waals surface area (Å²) in [5, 5.41) is 9.67. The van der Waals surface area contributed by atoms with Crippen LogP contribution in [0.4, 0.5) is 0 Å². The lowest BCUT2D eigenvalue weighted by Crippen LogP contribution is -2.46. The van der Waals surface area contributed by atoms with Gasteiger partial charge in [-0.05, 0) is 31.2 Å². The second kappa shape index (κ2) is 2.94. The summed E-state index contributed by atoms with van der Waals surface area (Å²) in [5.41, 5.74) is 0. The van der Waals surface area contributed by atoms with Crippen molar-refractivity contribution < 1.29 is 9.84 Å². The quantitative estimate of drug-likeness (QED) is 0.625. The van der Waals surface area contributed by atoms with Crippen LogP contribution in [0.2, 0.25) is 0 Å². The smallest absolute Gasteiger partial charge is 0.0950 e. The Balaban J connectivity index is 1.63. The van der Waals surface area contributed by atoms with Gasteiger partial charge in [-0.2, -0.15) is 0 Å². The number of hydrogen-bond acceptors (Lipinski definition) is 3. The van der Waals surface area contributed by atoms with E-state index in [9.17, 15) is 5.11 Å². The molecule has 0 aromatic carbocycles. The molecule has 0 amide bonds. The number of nitrogens with zero attached hydrogens (tertiary/aromatic N) is 1. The Morgan fingerprint density at radius 2 is 2.15 bits per heavy atom. The predicted octanol–water partition coefficient (Wildman–Crippen LogP) is 0.0879. The van der Waals surface area contributed by atoms with Crippen molar-refractivity contribution in [2.45, 2.75) is 25.0 Å². The maximum atomic E-state index is 9.67. The standard InChI is InChI=1S/C10H17NO2/c12-10-6-13-5-9(10)11-2-1-7-3-8(7)4-11/h7-10,12H,1-6H2. The number of fused-ring (bicyclic) bond motifs is 1. The Morgan fingerprint density at radius 3 is 2.85 bits per heavy atom. The summed E-state index contributed by atoms with van der Waals surface area (Å²) in [4.78, 5) is 2.44. The summed E-state index contributed by atoms with van der Waals surface area (Å²) in [7, 11) is 0. The van der Waals surface area contributed by atoms with E-state index >= 15 is 0 Å². The van der Waals surface area contributed by atoms with E-state index in [2.05, 4.69) is 4.90 Å². The van der Waals surface area contributed by atoms with Crippen LogP contribution in [0.25, 0.3) is 0 Å². The summed E-state index contributed by atoms with van der Waals surface area (Å²) in [6, 6.07) is 0.293. The Kier molecular flexibility index (Phi) is 1.86. The highest BCUT2D eigenvalue weighted by Gasteiger charge is 2.44. The number of hydrogen-bond donors (Lipinski definition) is 1. The maximum Gasteiger partial charge on any atom is 0.0950 e. The van der Waals surface area contributed by atoms with E-state index in [0.717, 1.165) is 18.4 Å². The number of rotatable bonds is 1. The SMILES string of the molecule is OC1COCC1N1CCC2CC2C1. The molecule has 3 fully saturated rings. The van der Waals surface area contributed by atoms with Crippen LogP contribution in [0, 0.1) is 11.8 Å². The fourth-order valence-electron chi connectivity index (χ4n) is 2.79. The molecule has 3 rings (SSSR count). The van der Waals surface area contributed by atoms with Crippen LogP contribution < -0.4 is 0 Å². The molecule has 4 unspecified atom stereocenters. The lowest BCUT2D eigenvalue weighted by Gasteiger charge is -2.32. The maximum absolute atomic E-state index is 9.67. The zero-order valence-electron chi connectivity index (χ0n) is 7.85. The first-order valence-corrected chi connectivity index (χ1v) is 5.34. The molecule has 0 radical (unpaired) electrons. The van der Waals surface area contributed by atoms with Crippen LogP contribution in [0.1, 0.15) is 12.8 Å². The Bertz CT molecular complexity index is 209. The first kappa shape index (κ1) is 8.21. The van der Waals surface area contributed by atoms with Gasteiger partial charge in [0.05, 0.1) is 25.4 Å². The lowest BCUT2D eigenvalue weighted by atomic mass is 10.1. The number of likely N-dealkylation sites (tertiary alicyclic amines) is 1. The first-order chi connectivity index (χ1) is 6.34. The van der Waals surface area contributed by atoms with Crippen LogP contribution in [0.5, 0.6) is 0 Å². The fraction of sp³-hybridized carbons (Fsp3) is 1.00. The molecule has 2 aliphatic heterocycles. The number of piperidine rings is 1. The van der Waals surface area contributed by atoms with Crippen LogP contribution in [-0.2, 0) is 4.74 Å². The number of ether oxygens (including phenoxy) is 1. The molecule has 1 saturated carbocycles. The molecular formula is C10H17NO2. The molecule has 0 spiro atoms. The molecule has 3 heteroatoms. The molecule has 0 aromatic heterocycles. The average Bonchev–Trinajstić information content (AvgIpc) is 2.79. The van der Waals surface area contributed by atoms with Crippen LogP contribution in [0.15, 0.2) is 0 Å². The largest absolute Gasteiger partial charge is 0.389 e. The van der Waals surface area contributed by atoms with E-state index in [1.165, 1.54) is 25.9 Å². The van der Waals surface area contributed by atoms with Crippen molar-refractivity contribution in [3.05, 3.63) is 0 Å². The van der Waals surface area contributed by atoms with Crippen molar-refractivity contribution in [3.63, 3.8) is 0 Å². The third-order valence-electron chi connectivity index (χ3n) is 3.82.